The summed E-state index contributed by atoms with van der Waals surface area (Å²) in [5, 5.41) is 8.28. The quantitative estimate of drug-likeness (QED) is 0.331. The average molecular weight is 467 g/mol. The minimum absolute atomic E-state index is 0.145. The predicted octanol–water partition coefficient (Wildman–Crippen LogP) is 3.85. The molecule has 0 spiro atoms. The molecule has 2 amide bonds. The number of hydrogen-bond acceptors (Lipinski definition) is 7. The number of amides is 2. The molecule has 1 unspecified atom stereocenters. The van der Waals surface area contributed by atoms with E-state index >= 15 is 0 Å². The van der Waals surface area contributed by atoms with Gasteiger partial charge in [-0.05, 0) is 50.8 Å². The number of carbonyl (C=O) groups excluding carboxylic acids is 2. The molecule has 180 valence electrons. The van der Waals surface area contributed by atoms with Gasteiger partial charge in [-0.1, -0.05) is 17.6 Å². The second kappa shape index (κ2) is 10.1. The Morgan fingerprint density at radius 3 is 2.62 bits per heavy atom. The largest absolute Gasteiger partial charge is 0.493 e. The van der Waals surface area contributed by atoms with E-state index in [0.29, 0.717) is 30.2 Å². The number of unbranched alkanes of at least 4 members (excludes halogenated alkanes) is 1. The first-order valence-corrected chi connectivity index (χ1v) is 11.4. The SMILES string of the molecule is COc1ccc(CCCCC2CC(=O)N(c3cnn(Cc4c(C)noc4C)c3)C2=O)cc1OC. The summed E-state index contributed by atoms with van der Waals surface area (Å²) in [6, 6.07) is 5.90. The Bertz CT molecular complexity index is 1160. The van der Waals surface area contributed by atoms with Crippen molar-refractivity contribution in [1.82, 2.24) is 14.9 Å². The van der Waals surface area contributed by atoms with Crippen molar-refractivity contribution in [3.63, 3.8) is 0 Å². The lowest BCUT2D eigenvalue weighted by Gasteiger charge is -2.13. The van der Waals surface area contributed by atoms with Gasteiger partial charge in [0.2, 0.25) is 11.8 Å². The zero-order chi connectivity index (χ0) is 24.2. The number of aryl methyl sites for hydroxylation is 3. The van der Waals surface area contributed by atoms with Gasteiger partial charge < -0.3 is 14.0 Å². The first-order chi connectivity index (χ1) is 16.4. The van der Waals surface area contributed by atoms with Gasteiger partial charge in [0.25, 0.3) is 0 Å². The molecule has 1 saturated heterocycles. The first kappa shape index (κ1) is 23.5. The van der Waals surface area contributed by atoms with Gasteiger partial charge in [-0.3, -0.25) is 14.3 Å². The molecule has 0 radical (unpaired) electrons. The van der Waals surface area contributed by atoms with Crippen LogP contribution in [0.5, 0.6) is 11.5 Å². The van der Waals surface area contributed by atoms with Crippen LogP contribution >= 0.6 is 0 Å². The van der Waals surface area contributed by atoms with Gasteiger partial charge in [-0.2, -0.15) is 5.10 Å². The Hall–Kier alpha value is -3.62. The van der Waals surface area contributed by atoms with Crippen molar-refractivity contribution in [2.75, 3.05) is 19.1 Å². The van der Waals surface area contributed by atoms with Crippen molar-refractivity contribution in [2.45, 2.75) is 52.5 Å². The third-order valence-corrected chi connectivity index (χ3v) is 6.34. The average Bonchev–Trinajstić information content (AvgIpc) is 3.50. The molecule has 34 heavy (non-hydrogen) atoms. The first-order valence-electron chi connectivity index (χ1n) is 11.4. The Morgan fingerprint density at radius 2 is 1.91 bits per heavy atom. The van der Waals surface area contributed by atoms with Crippen LogP contribution in [0, 0.1) is 19.8 Å². The van der Waals surface area contributed by atoms with Gasteiger partial charge in [-0.25, -0.2) is 4.90 Å². The standard InChI is InChI=1S/C25H30N4O5/c1-16-21(17(2)34-27-16)15-28-14-20(13-26-28)29-24(30)12-19(25(29)31)8-6-5-7-18-9-10-22(32-3)23(11-18)33-4/h9-11,13-14,19H,5-8,12,15H2,1-4H3. The van der Waals surface area contributed by atoms with Crippen LogP contribution in [0.3, 0.4) is 0 Å². The molecule has 1 aromatic carbocycles. The lowest BCUT2D eigenvalue weighted by atomic mass is 9.98. The number of methoxy groups -OCH3 is 2. The van der Waals surface area contributed by atoms with Gasteiger partial charge in [0, 0.05) is 24.1 Å². The molecule has 0 N–H and O–H groups in total. The van der Waals surface area contributed by atoms with E-state index in [-0.39, 0.29) is 24.2 Å². The van der Waals surface area contributed by atoms with Crippen molar-refractivity contribution in [1.29, 1.82) is 0 Å². The molecule has 3 heterocycles. The highest BCUT2D eigenvalue weighted by atomic mass is 16.5. The summed E-state index contributed by atoms with van der Waals surface area (Å²) < 4.78 is 17.5. The highest BCUT2D eigenvalue weighted by Gasteiger charge is 2.39. The Labute approximate surface area is 198 Å². The topological polar surface area (TPSA) is 99.7 Å². The van der Waals surface area contributed by atoms with E-state index in [2.05, 4.69) is 10.3 Å². The molecular weight excluding hydrogens is 436 g/mol. The molecule has 0 aliphatic carbocycles. The van der Waals surface area contributed by atoms with Crippen molar-refractivity contribution < 1.29 is 23.6 Å². The molecule has 1 aliphatic heterocycles. The maximum atomic E-state index is 13.0. The highest BCUT2D eigenvalue weighted by molar-refractivity contribution is 6.20. The molecule has 2 aromatic heterocycles. The van der Waals surface area contributed by atoms with E-state index in [0.717, 1.165) is 41.8 Å². The summed E-state index contributed by atoms with van der Waals surface area (Å²) in [4.78, 5) is 26.9. The summed E-state index contributed by atoms with van der Waals surface area (Å²) in [5.74, 6) is 1.54. The molecule has 9 nitrogen and oxygen atoms in total. The fourth-order valence-corrected chi connectivity index (χ4v) is 4.39. The number of ether oxygens (including phenoxy) is 2. The fraction of sp³-hybridized carbons (Fsp3) is 0.440. The van der Waals surface area contributed by atoms with Crippen LogP contribution in [-0.2, 0) is 22.6 Å². The van der Waals surface area contributed by atoms with Gasteiger partial charge in [0.05, 0.1) is 38.3 Å². The summed E-state index contributed by atoms with van der Waals surface area (Å²) in [6.45, 7) is 4.19. The van der Waals surface area contributed by atoms with Crippen LogP contribution in [0.15, 0.2) is 35.1 Å². The van der Waals surface area contributed by atoms with Crippen LogP contribution < -0.4 is 14.4 Å². The molecule has 0 bridgehead atoms. The number of imide groups is 1. The predicted molar refractivity (Wildman–Crippen MR) is 125 cm³/mol. The van der Waals surface area contributed by atoms with Crippen LogP contribution in [0.4, 0.5) is 5.69 Å². The molecule has 1 atom stereocenters. The third kappa shape index (κ3) is 4.83. The van der Waals surface area contributed by atoms with Crippen molar-refractivity contribution in [2.24, 2.45) is 5.92 Å². The van der Waals surface area contributed by atoms with Crippen LogP contribution in [-0.4, -0.2) is 41.0 Å². The van der Waals surface area contributed by atoms with Crippen LogP contribution in [0.2, 0.25) is 0 Å². The Balaban J connectivity index is 1.31. The number of carbonyl (C=O) groups is 2. The smallest absolute Gasteiger partial charge is 0.237 e. The third-order valence-electron chi connectivity index (χ3n) is 6.34. The lowest BCUT2D eigenvalue weighted by molar-refractivity contribution is -0.122. The maximum Gasteiger partial charge on any atom is 0.237 e. The Morgan fingerprint density at radius 1 is 1.12 bits per heavy atom. The van der Waals surface area contributed by atoms with Crippen molar-refractivity contribution in [3.8, 4) is 11.5 Å². The van der Waals surface area contributed by atoms with E-state index in [9.17, 15) is 9.59 Å². The Kier molecular flexibility index (Phi) is 7.00. The van der Waals surface area contributed by atoms with Crippen molar-refractivity contribution >= 4 is 17.5 Å². The molecule has 9 heteroatoms. The summed E-state index contributed by atoms with van der Waals surface area (Å²) in [7, 11) is 3.24. The second-order valence-corrected chi connectivity index (χ2v) is 8.60. The minimum Gasteiger partial charge on any atom is -0.493 e. The van der Waals surface area contributed by atoms with Crippen LogP contribution in [0.1, 0.15) is 48.3 Å². The minimum atomic E-state index is -0.288. The van der Waals surface area contributed by atoms with Gasteiger partial charge in [0.15, 0.2) is 11.5 Å². The molecule has 3 aromatic rings. The van der Waals surface area contributed by atoms with E-state index in [4.69, 9.17) is 14.0 Å². The number of anilines is 1. The van der Waals surface area contributed by atoms with E-state index in [1.807, 2.05) is 32.0 Å². The second-order valence-electron chi connectivity index (χ2n) is 8.60. The number of hydrogen-bond donors (Lipinski definition) is 0. The number of nitrogens with zero attached hydrogens (tertiary/aromatic N) is 4. The molecule has 4 rings (SSSR count). The summed E-state index contributed by atoms with van der Waals surface area (Å²) in [5.41, 5.74) is 3.41. The normalized spacial score (nSPS) is 15.9. The van der Waals surface area contributed by atoms with E-state index in [1.165, 1.54) is 4.90 Å². The zero-order valence-electron chi connectivity index (χ0n) is 20.0. The van der Waals surface area contributed by atoms with Gasteiger partial charge >= 0.3 is 0 Å². The maximum absolute atomic E-state index is 13.0. The van der Waals surface area contributed by atoms with E-state index < -0.39 is 0 Å². The molecule has 0 saturated carbocycles. The monoisotopic (exact) mass is 466 g/mol. The van der Waals surface area contributed by atoms with E-state index in [1.54, 1.807) is 31.3 Å². The molecule has 1 aliphatic rings. The number of benzene rings is 1. The molecular formula is C25H30N4O5. The summed E-state index contributed by atoms with van der Waals surface area (Å²) >= 11 is 0. The zero-order valence-corrected chi connectivity index (χ0v) is 20.0. The van der Waals surface area contributed by atoms with Crippen LogP contribution in [0.25, 0.3) is 0 Å². The molecule has 1 fully saturated rings. The fourth-order valence-electron chi connectivity index (χ4n) is 4.39. The van der Waals surface area contributed by atoms with Gasteiger partial charge in [0.1, 0.15) is 5.76 Å². The van der Waals surface area contributed by atoms with Crippen molar-refractivity contribution in [3.05, 3.63) is 53.2 Å². The van der Waals surface area contributed by atoms with Gasteiger partial charge in [-0.15, -0.1) is 0 Å². The lowest BCUT2D eigenvalue weighted by Crippen LogP contribution is -2.30. The summed E-state index contributed by atoms with van der Waals surface area (Å²) in [6.07, 6.45) is 6.85. The number of rotatable bonds is 10. The number of aromatic nitrogens is 3. The highest BCUT2D eigenvalue weighted by Crippen LogP contribution is 2.31.